The second-order valence-electron chi connectivity index (χ2n) is 3.99. The molecule has 1 atom stereocenters. The van der Waals surface area contributed by atoms with Crippen molar-refractivity contribution in [1.82, 2.24) is 4.72 Å². The number of aliphatic hydroxyl groups excluding tert-OH is 1. The fourth-order valence-electron chi connectivity index (χ4n) is 1.60. The number of amides is 1. The summed E-state index contributed by atoms with van der Waals surface area (Å²) in [7, 11) is -4.27. The maximum atomic E-state index is 12.0. The molecule has 9 nitrogen and oxygen atoms in total. The largest absolute Gasteiger partial charge is 0.478 e. The van der Waals surface area contributed by atoms with Crippen LogP contribution in [0.1, 0.15) is 21.9 Å². The normalized spacial score (nSPS) is 13.2. The molecule has 1 aromatic heterocycles. The summed E-state index contributed by atoms with van der Waals surface area (Å²) in [5.41, 5.74) is 4.28. The zero-order valence-electron chi connectivity index (χ0n) is 10.7. The SMILES string of the molecule is Cc1oc(C)c(S(=O)(=O)NCC(O)C(N)=O)c1C(=O)O. The van der Waals surface area contributed by atoms with E-state index >= 15 is 0 Å². The van der Waals surface area contributed by atoms with E-state index in [0.29, 0.717) is 0 Å². The van der Waals surface area contributed by atoms with Crippen LogP contribution in [-0.2, 0) is 14.8 Å². The van der Waals surface area contributed by atoms with E-state index in [1.165, 1.54) is 13.8 Å². The van der Waals surface area contributed by atoms with Crippen molar-refractivity contribution in [3.8, 4) is 0 Å². The quantitative estimate of drug-likeness (QED) is 0.509. The molecule has 0 spiro atoms. The molecule has 0 aliphatic rings. The second kappa shape index (κ2) is 5.61. The van der Waals surface area contributed by atoms with Crippen LogP contribution >= 0.6 is 0 Å². The molecule has 1 rings (SSSR count). The number of nitrogens with two attached hydrogens (primary N) is 1. The molecule has 0 aliphatic heterocycles. The molecule has 0 bridgehead atoms. The molecule has 0 aliphatic carbocycles. The summed E-state index contributed by atoms with van der Waals surface area (Å²) in [6.45, 7) is 1.94. The van der Waals surface area contributed by atoms with Gasteiger partial charge in [0.25, 0.3) is 0 Å². The highest BCUT2D eigenvalue weighted by Crippen LogP contribution is 2.26. The van der Waals surface area contributed by atoms with Crippen molar-refractivity contribution in [2.75, 3.05) is 6.54 Å². The van der Waals surface area contributed by atoms with Crippen LogP contribution in [0.3, 0.4) is 0 Å². The zero-order chi connectivity index (χ0) is 15.7. The Labute approximate surface area is 114 Å². The molecule has 0 saturated carbocycles. The van der Waals surface area contributed by atoms with Crippen molar-refractivity contribution in [3.63, 3.8) is 0 Å². The highest BCUT2D eigenvalue weighted by atomic mass is 32.2. The Hall–Kier alpha value is -1.91. The van der Waals surface area contributed by atoms with Crippen LogP contribution in [0.2, 0.25) is 0 Å². The van der Waals surface area contributed by atoms with Crippen molar-refractivity contribution >= 4 is 21.9 Å². The molecular weight excluding hydrogens is 292 g/mol. The van der Waals surface area contributed by atoms with E-state index in [4.69, 9.17) is 20.4 Å². The van der Waals surface area contributed by atoms with Gasteiger partial charge in [0.15, 0.2) is 0 Å². The van der Waals surface area contributed by atoms with Crippen LogP contribution in [-0.4, -0.2) is 43.2 Å². The number of hydrogen-bond donors (Lipinski definition) is 4. The van der Waals surface area contributed by atoms with Gasteiger partial charge >= 0.3 is 5.97 Å². The Morgan fingerprint density at radius 3 is 2.35 bits per heavy atom. The van der Waals surface area contributed by atoms with Gasteiger partial charge in [-0.15, -0.1) is 0 Å². The highest BCUT2D eigenvalue weighted by Gasteiger charge is 2.31. The zero-order valence-corrected chi connectivity index (χ0v) is 11.5. The molecule has 0 fully saturated rings. The molecule has 0 aromatic carbocycles. The van der Waals surface area contributed by atoms with E-state index in [9.17, 15) is 18.0 Å². The molecule has 10 heteroatoms. The molecule has 20 heavy (non-hydrogen) atoms. The maximum absolute atomic E-state index is 12.0. The van der Waals surface area contributed by atoms with Gasteiger partial charge in [0.05, 0.1) is 0 Å². The molecule has 0 radical (unpaired) electrons. The van der Waals surface area contributed by atoms with Gasteiger partial charge in [-0.2, -0.15) is 0 Å². The third kappa shape index (κ3) is 3.15. The number of carbonyl (C=O) groups excluding carboxylic acids is 1. The molecule has 1 heterocycles. The molecule has 1 aromatic rings. The minimum Gasteiger partial charge on any atom is -0.478 e. The lowest BCUT2D eigenvalue weighted by Crippen LogP contribution is -2.40. The third-order valence-electron chi connectivity index (χ3n) is 2.48. The second-order valence-corrected chi connectivity index (χ2v) is 5.70. The van der Waals surface area contributed by atoms with Gasteiger partial charge in [-0.3, -0.25) is 4.79 Å². The number of furan rings is 1. The first-order valence-corrected chi connectivity index (χ1v) is 6.86. The Morgan fingerprint density at radius 1 is 1.35 bits per heavy atom. The highest BCUT2D eigenvalue weighted by molar-refractivity contribution is 7.89. The summed E-state index contributed by atoms with van der Waals surface area (Å²) in [6, 6.07) is 0. The summed E-state index contributed by atoms with van der Waals surface area (Å²) in [5.74, 6) is -2.74. The molecule has 112 valence electrons. The van der Waals surface area contributed by atoms with Gasteiger partial charge < -0.3 is 20.4 Å². The van der Waals surface area contributed by atoms with Crippen molar-refractivity contribution < 1.29 is 32.6 Å². The van der Waals surface area contributed by atoms with Crippen molar-refractivity contribution in [3.05, 3.63) is 17.1 Å². The molecule has 1 unspecified atom stereocenters. The number of nitrogens with one attached hydrogen (secondary N) is 1. The predicted octanol–water partition coefficient (Wildman–Crippen LogP) is -1.28. The maximum Gasteiger partial charge on any atom is 0.340 e. The first-order chi connectivity index (χ1) is 9.08. The fourth-order valence-corrected chi connectivity index (χ4v) is 3.04. The van der Waals surface area contributed by atoms with Gasteiger partial charge in [0, 0.05) is 6.54 Å². The topological polar surface area (TPSA) is 160 Å². The molecule has 0 saturated heterocycles. The van der Waals surface area contributed by atoms with Gasteiger partial charge in [0.1, 0.15) is 28.1 Å². The lowest BCUT2D eigenvalue weighted by molar-refractivity contribution is -0.125. The smallest absolute Gasteiger partial charge is 0.340 e. The molecular formula is C10H14N2O7S. The molecule has 5 N–H and O–H groups in total. The fraction of sp³-hybridized carbons (Fsp3) is 0.400. The number of carbonyl (C=O) groups is 2. The van der Waals surface area contributed by atoms with Crippen molar-refractivity contribution in [2.45, 2.75) is 24.8 Å². The minimum absolute atomic E-state index is 0.0641. The average molecular weight is 306 g/mol. The van der Waals surface area contributed by atoms with Gasteiger partial charge in [0.2, 0.25) is 15.9 Å². The number of carboxylic acids is 1. The van der Waals surface area contributed by atoms with Crippen molar-refractivity contribution in [2.24, 2.45) is 5.73 Å². The van der Waals surface area contributed by atoms with E-state index in [2.05, 4.69) is 0 Å². The predicted molar refractivity (Wildman–Crippen MR) is 65.5 cm³/mol. The Balaban J connectivity index is 3.17. The lowest BCUT2D eigenvalue weighted by Gasteiger charge is -2.09. The first-order valence-electron chi connectivity index (χ1n) is 5.38. The van der Waals surface area contributed by atoms with Crippen LogP contribution in [0.4, 0.5) is 0 Å². The van der Waals surface area contributed by atoms with E-state index < -0.39 is 45.0 Å². The van der Waals surface area contributed by atoms with Crippen LogP contribution < -0.4 is 10.5 Å². The third-order valence-corrected chi connectivity index (χ3v) is 4.06. The van der Waals surface area contributed by atoms with Crippen molar-refractivity contribution in [1.29, 1.82) is 0 Å². The standard InChI is InChI=1S/C10H14N2O7S/c1-4-7(10(15)16)8(5(2)19-4)20(17,18)12-3-6(13)9(11)14/h6,12-13H,3H2,1-2H3,(H2,11,14)(H,15,16). The summed E-state index contributed by atoms with van der Waals surface area (Å²) in [6.07, 6.45) is -1.72. The monoisotopic (exact) mass is 306 g/mol. The number of sulfonamides is 1. The number of aromatic carboxylic acids is 1. The Morgan fingerprint density at radius 2 is 1.90 bits per heavy atom. The lowest BCUT2D eigenvalue weighted by atomic mass is 10.2. The van der Waals surface area contributed by atoms with Gasteiger partial charge in [-0.25, -0.2) is 17.9 Å². The van der Waals surface area contributed by atoms with E-state index in [1.54, 1.807) is 0 Å². The number of rotatable bonds is 6. The minimum atomic E-state index is -4.27. The van der Waals surface area contributed by atoms with Gasteiger partial charge in [-0.1, -0.05) is 0 Å². The van der Waals surface area contributed by atoms with Crippen LogP contribution in [0.5, 0.6) is 0 Å². The van der Waals surface area contributed by atoms with Crippen LogP contribution in [0.25, 0.3) is 0 Å². The number of carboxylic acid groups (broad SMARTS) is 1. The summed E-state index contributed by atoms with van der Waals surface area (Å²) in [5, 5.41) is 18.2. The average Bonchev–Trinajstić information content (AvgIpc) is 2.61. The van der Waals surface area contributed by atoms with E-state index in [-0.39, 0.29) is 11.5 Å². The number of hydrogen-bond acceptors (Lipinski definition) is 6. The number of aryl methyl sites for hydroxylation is 2. The number of primary amides is 1. The van der Waals surface area contributed by atoms with Crippen LogP contribution in [0.15, 0.2) is 9.31 Å². The summed E-state index contributed by atoms with van der Waals surface area (Å²) in [4.78, 5) is 21.2. The summed E-state index contributed by atoms with van der Waals surface area (Å²) >= 11 is 0. The number of aliphatic hydroxyl groups is 1. The Kier molecular flexibility index (Phi) is 4.53. The summed E-state index contributed by atoms with van der Waals surface area (Å²) < 4.78 is 30.9. The Bertz CT molecular complexity index is 647. The first kappa shape index (κ1) is 16.1. The van der Waals surface area contributed by atoms with Gasteiger partial charge in [-0.05, 0) is 13.8 Å². The molecule has 1 amide bonds. The van der Waals surface area contributed by atoms with E-state index in [1.807, 2.05) is 4.72 Å². The van der Waals surface area contributed by atoms with E-state index in [0.717, 1.165) is 0 Å². The van der Waals surface area contributed by atoms with Crippen LogP contribution in [0, 0.1) is 13.8 Å².